The summed E-state index contributed by atoms with van der Waals surface area (Å²) in [5.41, 5.74) is 0.978. The minimum Gasteiger partial charge on any atom is -0.346 e. The van der Waals surface area contributed by atoms with Gasteiger partial charge in [0.1, 0.15) is 5.82 Å². The van der Waals surface area contributed by atoms with Crippen LogP contribution < -0.4 is 0 Å². The highest BCUT2D eigenvalue weighted by atomic mass is 19.1. The van der Waals surface area contributed by atoms with Crippen LogP contribution in [-0.4, -0.2) is 41.8 Å². The quantitative estimate of drug-likeness (QED) is 0.841. The van der Waals surface area contributed by atoms with Gasteiger partial charge in [0.25, 0.3) is 0 Å². The van der Waals surface area contributed by atoms with Gasteiger partial charge in [0.15, 0.2) is 0 Å². The van der Waals surface area contributed by atoms with Crippen LogP contribution in [0.15, 0.2) is 24.3 Å². The molecule has 2 saturated heterocycles. The molecule has 2 fully saturated rings. The number of carbonyl (C=O) groups is 2. The fraction of sp³-hybridized carbons (Fsp3) is 0.529. The molecule has 2 heterocycles. The molecule has 3 rings (SSSR count). The third kappa shape index (κ3) is 2.85. The van der Waals surface area contributed by atoms with Crippen molar-refractivity contribution in [3.63, 3.8) is 0 Å². The van der Waals surface area contributed by atoms with Crippen LogP contribution >= 0.6 is 0 Å². The van der Waals surface area contributed by atoms with Gasteiger partial charge in [-0.2, -0.15) is 0 Å². The number of nitrogens with zero attached hydrogens (tertiary/aromatic N) is 2. The lowest BCUT2D eigenvalue weighted by molar-refractivity contribution is -0.145. The number of rotatable bonds is 2. The molecule has 0 N–H and O–H groups in total. The molecule has 2 atom stereocenters. The number of hydrogen-bond donors (Lipinski definition) is 0. The average Bonchev–Trinajstić information content (AvgIpc) is 2.99. The number of hydrogen-bond acceptors (Lipinski definition) is 2. The summed E-state index contributed by atoms with van der Waals surface area (Å²) in [6.07, 6.45) is 2.89. The molecule has 1 aromatic rings. The monoisotopic (exact) mass is 304 g/mol. The van der Waals surface area contributed by atoms with Crippen LogP contribution in [0.25, 0.3) is 0 Å². The Morgan fingerprint density at radius 3 is 2.59 bits per heavy atom. The van der Waals surface area contributed by atoms with Gasteiger partial charge < -0.3 is 9.80 Å². The Morgan fingerprint density at radius 2 is 1.91 bits per heavy atom. The van der Waals surface area contributed by atoms with Crippen molar-refractivity contribution in [1.29, 1.82) is 0 Å². The van der Waals surface area contributed by atoms with E-state index in [4.69, 9.17) is 0 Å². The van der Waals surface area contributed by atoms with E-state index in [0.717, 1.165) is 31.4 Å². The number of carbonyl (C=O) groups excluding carboxylic acids is 2. The largest absolute Gasteiger partial charge is 0.346 e. The average molecular weight is 304 g/mol. The Hall–Kier alpha value is -1.91. The molecule has 0 aromatic heterocycles. The minimum absolute atomic E-state index is 0.0165. The van der Waals surface area contributed by atoms with Gasteiger partial charge in [-0.1, -0.05) is 12.1 Å². The van der Waals surface area contributed by atoms with E-state index >= 15 is 0 Å². The maximum Gasteiger partial charge on any atom is 0.226 e. The lowest BCUT2D eigenvalue weighted by atomic mass is 9.94. The summed E-state index contributed by atoms with van der Waals surface area (Å²) in [5.74, 6) is -0.347. The topological polar surface area (TPSA) is 40.6 Å². The van der Waals surface area contributed by atoms with E-state index in [0.29, 0.717) is 13.0 Å². The molecule has 2 amide bonds. The van der Waals surface area contributed by atoms with Crippen molar-refractivity contribution in [2.24, 2.45) is 5.92 Å². The molecular weight excluding hydrogens is 283 g/mol. The molecule has 0 bridgehead atoms. The molecular formula is C17H21FN2O2. The Kier molecular flexibility index (Phi) is 4.14. The molecule has 0 saturated carbocycles. The van der Waals surface area contributed by atoms with Crippen molar-refractivity contribution in [1.82, 2.24) is 9.80 Å². The van der Waals surface area contributed by atoms with Crippen molar-refractivity contribution >= 4 is 11.8 Å². The van der Waals surface area contributed by atoms with E-state index in [1.54, 1.807) is 24.1 Å². The van der Waals surface area contributed by atoms with Crippen LogP contribution in [0.3, 0.4) is 0 Å². The predicted molar refractivity (Wildman–Crippen MR) is 80.4 cm³/mol. The summed E-state index contributed by atoms with van der Waals surface area (Å²) in [6.45, 7) is 1.37. The maximum atomic E-state index is 13.1. The highest BCUT2D eigenvalue weighted by Crippen LogP contribution is 2.34. The Labute approximate surface area is 129 Å². The van der Waals surface area contributed by atoms with Gasteiger partial charge in [-0.25, -0.2) is 4.39 Å². The highest BCUT2D eigenvalue weighted by molar-refractivity contribution is 5.87. The molecule has 0 unspecified atom stereocenters. The van der Waals surface area contributed by atoms with Gasteiger partial charge in [0.05, 0.1) is 6.04 Å². The molecule has 118 valence electrons. The Morgan fingerprint density at radius 1 is 1.18 bits per heavy atom. The van der Waals surface area contributed by atoms with E-state index in [1.807, 2.05) is 4.90 Å². The van der Waals surface area contributed by atoms with E-state index in [2.05, 4.69) is 0 Å². The molecule has 0 spiro atoms. The summed E-state index contributed by atoms with van der Waals surface area (Å²) in [7, 11) is 1.78. The first-order valence-corrected chi connectivity index (χ1v) is 7.86. The molecule has 0 radical (unpaired) electrons. The van der Waals surface area contributed by atoms with Gasteiger partial charge in [0.2, 0.25) is 11.8 Å². The summed E-state index contributed by atoms with van der Waals surface area (Å²) >= 11 is 0. The van der Waals surface area contributed by atoms with Crippen LogP contribution in [0, 0.1) is 11.7 Å². The van der Waals surface area contributed by atoms with E-state index in [9.17, 15) is 14.0 Å². The summed E-state index contributed by atoms with van der Waals surface area (Å²) in [6, 6.07) is 6.41. The van der Waals surface area contributed by atoms with E-state index < -0.39 is 0 Å². The Balaban J connectivity index is 1.74. The summed E-state index contributed by atoms with van der Waals surface area (Å²) in [5, 5.41) is 0. The molecule has 1 aromatic carbocycles. The number of benzene rings is 1. The van der Waals surface area contributed by atoms with Crippen LogP contribution in [0.5, 0.6) is 0 Å². The zero-order chi connectivity index (χ0) is 15.7. The normalized spacial score (nSPS) is 25.6. The van der Waals surface area contributed by atoms with Crippen molar-refractivity contribution in [3.05, 3.63) is 35.6 Å². The zero-order valence-corrected chi connectivity index (χ0v) is 12.8. The van der Waals surface area contributed by atoms with Gasteiger partial charge in [-0.05, 0) is 37.0 Å². The van der Waals surface area contributed by atoms with Gasteiger partial charge in [-0.3, -0.25) is 9.59 Å². The summed E-state index contributed by atoms with van der Waals surface area (Å²) < 4.78 is 13.1. The van der Waals surface area contributed by atoms with Crippen molar-refractivity contribution in [2.75, 3.05) is 20.1 Å². The van der Waals surface area contributed by atoms with Gasteiger partial charge in [-0.15, -0.1) is 0 Å². The van der Waals surface area contributed by atoms with Crippen LogP contribution in [0.1, 0.15) is 37.3 Å². The maximum absolute atomic E-state index is 13.1. The third-order valence-corrected chi connectivity index (χ3v) is 4.80. The van der Waals surface area contributed by atoms with Gasteiger partial charge >= 0.3 is 0 Å². The molecule has 4 nitrogen and oxygen atoms in total. The number of halogens is 1. The standard InChI is InChI=1S/C17H21FN2O2/c1-19-10-8-13(11-16(19)21)17(22)20-9-2-3-15(20)12-4-6-14(18)7-5-12/h4-7,13,15H,2-3,8-11H2,1H3/t13-,15+/m0/s1. The second-order valence-electron chi connectivity index (χ2n) is 6.25. The van der Waals surface area contributed by atoms with E-state index in [1.165, 1.54) is 12.1 Å². The second kappa shape index (κ2) is 6.07. The first kappa shape index (κ1) is 15.0. The smallest absolute Gasteiger partial charge is 0.226 e. The SMILES string of the molecule is CN1CC[C@H](C(=O)N2CCC[C@@H]2c2ccc(F)cc2)CC1=O. The molecule has 22 heavy (non-hydrogen) atoms. The van der Waals surface area contributed by atoms with Gasteiger partial charge in [0, 0.05) is 32.5 Å². The number of piperidine rings is 1. The minimum atomic E-state index is -0.263. The Bertz CT molecular complexity index is 573. The molecule has 2 aliphatic heterocycles. The van der Waals surface area contributed by atoms with Crippen molar-refractivity contribution < 1.29 is 14.0 Å². The van der Waals surface area contributed by atoms with Crippen LogP contribution in [0.4, 0.5) is 4.39 Å². The molecule has 5 heteroatoms. The van der Waals surface area contributed by atoms with Crippen molar-refractivity contribution in [2.45, 2.75) is 31.7 Å². The van der Waals surface area contributed by atoms with Crippen LogP contribution in [-0.2, 0) is 9.59 Å². The molecule has 0 aliphatic carbocycles. The predicted octanol–water partition coefficient (Wildman–Crippen LogP) is 2.36. The fourth-order valence-corrected chi connectivity index (χ4v) is 3.45. The van der Waals surface area contributed by atoms with Crippen LogP contribution in [0.2, 0.25) is 0 Å². The summed E-state index contributed by atoms with van der Waals surface area (Å²) in [4.78, 5) is 28.2. The lowest BCUT2D eigenvalue weighted by Crippen LogP contribution is -2.43. The highest BCUT2D eigenvalue weighted by Gasteiger charge is 2.36. The first-order chi connectivity index (χ1) is 10.6. The number of likely N-dealkylation sites (tertiary alicyclic amines) is 2. The van der Waals surface area contributed by atoms with Crippen molar-refractivity contribution in [3.8, 4) is 0 Å². The fourth-order valence-electron chi connectivity index (χ4n) is 3.45. The molecule has 2 aliphatic rings. The number of amides is 2. The second-order valence-corrected chi connectivity index (χ2v) is 6.25. The third-order valence-electron chi connectivity index (χ3n) is 4.80. The lowest BCUT2D eigenvalue weighted by Gasteiger charge is -2.33. The van der Waals surface area contributed by atoms with E-state index in [-0.39, 0.29) is 29.6 Å². The zero-order valence-electron chi connectivity index (χ0n) is 12.8. The first-order valence-electron chi connectivity index (χ1n) is 7.86.